The van der Waals surface area contributed by atoms with Crippen LogP contribution in [0, 0.1) is 11.7 Å². The Balaban J connectivity index is 1.42. The molecule has 0 radical (unpaired) electrons. The van der Waals surface area contributed by atoms with Gasteiger partial charge in [-0.05, 0) is 109 Å². The van der Waals surface area contributed by atoms with Crippen LogP contribution in [0.4, 0.5) is 4.39 Å². The first-order valence-electron chi connectivity index (χ1n) is 12.6. The highest BCUT2D eigenvalue weighted by atomic mass is 19.1. The average molecular weight is 407 g/mol. The second kappa shape index (κ2) is 10.1. The second-order valence-corrected chi connectivity index (χ2v) is 9.93. The molecule has 1 heteroatoms. The molecule has 0 saturated heterocycles. The smallest absolute Gasteiger partial charge is 0.126 e. The van der Waals surface area contributed by atoms with Crippen molar-refractivity contribution in [2.24, 2.45) is 5.92 Å². The van der Waals surface area contributed by atoms with Crippen molar-refractivity contribution in [1.82, 2.24) is 0 Å². The van der Waals surface area contributed by atoms with Crippen LogP contribution in [0.2, 0.25) is 0 Å². The Morgan fingerprint density at radius 3 is 2.40 bits per heavy atom. The Morgan fingerprint density at radius 2 is 1.67 bits per heavy atom. The van der Waals surface area contributed by atoms with Crippen LogP contribution in [-0.4, -0.2) is 0 Å². The predicted octanol–water partition coefficient (Wildman–Crippen LogP) is 8.51. The highest BCUT2D eigenvalue weighted by molar-refractivity contribution is 5.38. The fraction of sp³-hybridized carbons (Fsp3) is 0.586. The lowest BCUT2D eigenvalue weighted by Crippen LogP contribution is -2.16. The quantitative estimate of drug-likeness (QED) is 0.432. The number of unbranched alkanes of at least 4 members (excludes halogenated alkanes) is 1. The van der Waals surface area contributed by atoms with Gasteiger partial charge in [0.2, 0.25) is 0 Å². The number of fused-ring (bicyclic) bond motifs is 1. The normalized spacial score (nSPS) is 23.9. The fourth-order valence-electron chi connectivity index (χ4n) is 5.93. The molecule has 2 aliphatic rings. The zero-order chi connectivity index (χ0) is 20.9. The van der Waals surface area contributed by atoms with Gasteiger partial charge < -0.3 is 0 Å². The minimum absolute atomic E-state index is 0.0381. The molecule has 2 aromatic carbocycles. The zero-order valence-corrected chi connectivity index (χ0v) is 19.1. The van der Waals surface area contributed by atoms with Gasteiger partial charge >= 0.3 is 0 Å². The van der Waals surface area contributed by atoms with Crippen molar-refractivity contribution in [2.45, 2.75) is 103 Å². The first-order chi connectivity index (χ1) is 14.7. The van der Waals surface area contributed by atoms with Crippen LogP contribution < -0.4 is 0 Å². The molecule has 1 fully saturated rings. The van der Waals surface area contributed by atoms with E-state index in [0.29, 0.717) is 11.8 Å². The van der Waals surface area contributed by atoms with E-state index in [-0.39, 0.29) is 5.82 Å². The minimum Gasteiger partial charge on any atom is -0.207 e. The Morgan fingerprint density at radius 1 is 0.833 bits per heavy atom. The van der Waals surface area contributed by atoms with Gasteiger partial charge in [-0.2, -0.15) is 0 Å². The lowest BCUT2D eigenvalue weighted by molar-refractivity contribution is 0.308. The molecular weight excluding hydrogens is 367 g/mol. The highest BCUT2D eigenvalue weighted by Crippen LogP contribution is 2.40. The molecule has 0 nitrogen and oxygen atoms in total. The van der Waals surface area contributed by atoms with E-state index in [1.165, 1.54) is 80.0 Å². The van der Waals surface area contributed by atoms with Gasteiger partial charge in [-0.3, -0.25) is 0 Å². The molecule has 1 unspecified atom stereocenters. The first-order valence-corrected chi connectivity index (χ1v) is 12.6. The number of benzene rings is 2. The van der Waals surface area contributed by atoms with E-state index in [0.717, 1.165) is 30.7 Å². The van der Waals surface area contributed by atoms with Gasteiger partial charge in [0, 0.05) is 0 Å². The third-order valence-electron chi connectivity index (χ3n) is 7.80. The van der Waals surface area contributed by atoms with Gasteiger partial charge in [-0.25, -0.2) is 4.39 Å². The summed E-state index contributed by atoms with van der Waals surface area (Å²) in [4.78, 5) is 0. The molecule has 2 aromatic rings. The van der Waals surface area contributed by atoms with Crippen LogP contribution in [0.25, 0.3) is 0 Å². The van der Waals surface area contributed by atoms with Gasteiger partial charge in [-0.15, -0.1) is 0 Å². The van der Waals surface area contributed by atoms with Gasteiger partial charge in [-0.1, -0.05) is 63.4 Å². The van der Waals surface area contributed by atoms with Crippen molar-refractivity contribution in [3.8, 4) is 0 Å². The van der Waals surface area contributed by atoms with E-state index in [2.05, 4.69) is 44.2 Å². The van der Waals surface area contributed by atoms with Crippen molar-refractivity contribution in [3.63, 3.8) is 0 Å². The molecule has 2 aliphatic carbocycles. The van der Waals surface area contributed by atoms with E-state index in [4.69, 9.17) is 0 Å². The summed E-state index contributed by atoms with van der Waals surface area (Å²) in [6.07, 6.45) is 14.6. The molecule has 30 heavy (non-hydrogen) atoms. The number of hydrogen-bond donors (Lipinski definition) is 0. The Hall–Kier alpha value is -1.63. The summed E-state index contributed by atoms with van der Waals surface area (Å²) in [5, 5.41) is 0. The molecule has 1 atom stereocenters. The van der Waals surface area contributed by atoms with Crippen molar-refractivity contribution < 1.29 is 4.39 Å². The van der Waals surface area contributed by atoms with E-state index in [1.54, 1.807) is 0 Å². The summed E-state index contributed by atoms with van der Waals surface area (Å²) >= 11 is 0. The summed E-state index contributed by atoms with van der Waals surface area (Å²) in [6, 6.07) is 13.3. The van der Waals surface area contributed by atoms with E-state index < -0.39 is 0 Å². The molecule has 0 spiro atoms. The van der Waals surface area contributed by atoms with E-state index in [9.17, 15) is 0 Å². The van der Waals surface area contributed by atoms with E-state index in [1.807, 2.05) is 6.07 Å². The van der Waals surface area contributed by atoms with Gasteiger partial charge in [0.15, 0.2) is 0 Å². The van der Waals surface area contributed by atoms with Crippen LogP contribution in [0.3, 0.4) is 0 Å². The van der Waals surface area contributed by atoms with E-state index >= 15 is 4.39 Å². The van der Waals surface area contributed by atoms with Crippen LogP contribution in [0.15, 0.2) is 36.4 Å². The van der Waals surface area contributed by atoms with Gasteiger partial charge in [0.05, 0.1) is 0 Å². The second-order valence-electron chi connectivity index (χ2n) is 9.93. The molecule has 0 heterocycles. The predicted molar refractivity (Wildman–Crippen MR) is 126 cm³/mol. The van der Waals surface area contributed by atoms with Gasteiger partial charge in [0.25, 0.3) is 0 Å². The standard InChI is InChI=1S/C29H39F/c1-3-5-7-22-10-13-25-19-27(15-14-24(25)18-22)28-17-16-26(20-29(28)30)23-11-8-21(6-4-2)9-12-23/h10,13,16-18,20-21,23,27H,3-9,11-12,14-15,19H2,1-2H3. The molecule has 1 saturated carbocycles. The van der Waals surface area contributed by atoms with Gasteiger partial charge in [0.1, 0.15) is 5.82 Å². The van der Waals surface area contributed by atoms with Crippen LogP contribution >= 0.6 is 0 Å². The van der Waals surface area contributed by atoms with Crippen molar-refractivity contribution >= 4 is 0 Å². The Labute approximate surface area is 183 Å². The molecule has 0 N–H and O–H groups in total. The van der Waals surface area contributed by atoms with Crippen molar-refractivity contribution in [1.29, 1.82) is 0 Å². The molecule has 0 aromatic heterocycles. The van der Waals surface area contributed by atoms with Crippen LogP contribution in [0.5, 0.6) is 0 Å². The molecule has 4 rings (SSSR count). The summed E-state index contributed by atoms with van der Waals surface area (Å²) in [7, 11) is 0. The average Bonchev–Trinajstić information content (AvgIpc) is 2.78. The topological polar surface area (TPSA) is 0 Å². The number of aryl methyl sites for hydroxylation is 2. The SMILES string of the molecule is CCCCc1ccc2c(c1)CCC(c1ccc(C3CCC(CCC)CC3)cc1F)C2. The summed E-state index contributed by atoms with van der Waals surface area (Å²) < 4.78 is 15.2. The summed E-state index contributed by atoms with van der Waals surface area (Å²) in [5.74, 6) is 1.83. The largest absolute Gasteiger partial charge is 0.207 e. The first kappa shape index (κ1) is 21.6. The maximum Gasteiger partial charge on any atom is 0.126 e. The molecule has 162 valence electrons. The zero-order valence-electron chi connectivity index (χ0n) is 19.1. The fourth-order valence-corrected chi connectivity index (χ4v) is 5.93. The summed E-state index contributed by atoms with van der Waals surface area (Å²) in [5.41, 5.74) is 6.59. The maximum absolute atomic E-state index is 15.2. The van der Waals surface area contributed by atoms with Crippen LogP contribution in [-0.2, 0) is 19.3 Å². The third-order valence-corrected chi connectivity index (χ3v) is 7.80. The molecule has 0 amide bonds. The molecular formula is C29H39F. The monoisotopic (exact) mass is 406 g/mol. The van der Waals surface area contributed by atoms with Crippen molar-refractivity contribution in [3.05, 3.63) is 70.0 Å². The van der Waals surface area contributed by atoms with Crippen LogP contribution in [0.1, 0.15) is 111 Å². The maximum atomic E-state index is 15.2. The lowest BCUT2D eigenvalue weighted by Gasteiger charge is -2.29. The number of halogens is 1. The molecule has 0 aliphatic heterocycles. The number of hydrogen-bond acceptors (Lipinski definition) is 0. The minimum atomic E-state index is 0.0381. The van der Waals surface area contributed by atoms with Crippen molar-refractivity contribution in [2.75, 3.05) is 0 Å². The third kappa shape index (κ3) is 4.98. The highest BCUT2D eigenvalue weighted by Gasteiger charge is 2.25. The Kier molecular flexibility index (Phi) is 7.28. The molecule has 0 bridgehead atoms. The number of rotatable bonds is 7. The Bertz CT molecular complexity index is 828. The summed E-state index contributed by atoms with van der Waals surface area (Å²) in [6.45, 7) is 4.54. The lowest BCUT2D eigenvalue weighted by atomic mass is 9.76.